The van der Waals surface area contributed by atoms with Crippen LogP contribution in [0.25, 0.3) is 0 Å². The molecule has 1 N–H and O–H groups in total. The Balaban J connectivity index is 1.81. The van der Waals surface area contributed by atoms with Crippen LogP contribution in [0.15, 0.2) is 30.3 Å². The lowest BCUT2D eigenvalue weighted by Gasteiger charge is -2.13. The predicted molar refractivity (Wildman–Crippen MR) is 60.2 cm³/mol. The first-order valence-corrected chi connectivity index (χ1v) is 5.43. The molecule has 1 radical (unpaired) electrons. The maximum absolute atomic E-state index is 11.5. The third kappa shape index (κ3) is 3.08. The summed E-state index contributed by atoms with van der Waals surface area (Å²) in [7, 11) is 0. The molecule has 1 fully saturated rings. The minimum Gasteiger partial charge on any atom is -0.353 e. The van der Waals surface area contributed by atoms with E-state index in [0.29, 0.717) is 0 Å². The molecule has 79 valence electrons. The number of benzene rings is 1. The zero-order valence-corrected chi connectivity index (χ0v) is 8.94. The molecule has 0 saturated heterocycles. The molecule has 0 aromatic heterocycles. The number of carbonyl (C=O) groups excluding carboxylic acids is 1. The van der Waals surface area contributed by atoms with Crippen molar-refractivity contribution in [1.82, 2.24) is 5.32 Å². The van der Waals surface area contributed by atoms with Gasteiger partial charge in [-0.3, -0.25) is 4.79 Å². The van der Waals surface area contributed by atoms with E-state index in [-0.39, 0.29) is 17.9 Å². The van der Waals surface area contributed by atoms with Gasteiger partial charge < -0.3 is 5.32 Å². The first kappa shape index (κ1) is 10.2. The van der Waals surface area contributed by atoms with Crippen molar-refractivity contribution in [1.29, 1.82) is 0 Å². The Hall–Kier alpha value is -1.31. The molecule has 1 aliphatic rings. The first-order valence-electron chi connectivity index (χ1n) is 5.43. The van der Waals surface area contributed by atoms with Gasteiger partial charge >= 0.3 is 0 Å². The van der Waals surface area contributed by atoms with E-state index in [1.807, 2.05) is 31.5 Å². The van der Waals surface area contributed by atoms with Crippen LogP contribution in [0, 0.1) is 12.3 Å². The summed E-state index contributed by atoms with van der Waals surface area (Å²) in [5, 5.41) is 3.02. The second kappa shape index (κ2) is 4.47. The minimum absolute atomic E-state index is 0.179. The molecule has 15 heavy (non-hydrogen) atoms. The van der Waals surface area contributed by atoms with Gasteiger partial charge in [-0.1, -0.05) is 30.3 Å². The standard InChI is InChI=1S/C13H16NO/c1-10(14-13(15)12-7-8-12)9-11-5-3-2-4-6-11/h2-7,10,12H,8-9H2,1H3,(H,14,15). The molecular weight excluding hydrogens is 186 g/mol. The molecule has 2 nitrogen and oxygen atoms in total. The molecule has 2 heteroatoms. The number of rotatable bonds is 4. The molecular formula is C13H16NO. The minimum atomic E-state index is 0.179. The third-order valence-electron chi connectivity index (χ3n) is 2.58. The van der Waals surface area contributed by atoms with Gasteiger partial charge in [0.1, 0.15) is 0 Å². The molecule has 1 aliphatic carbocycles. The van der Waals surface area contributed by atoms with Gasteiger partial charge in [0.15, 0.2) is 0 Å². The largest absolute Gasteiger partial charge is 0.353 e. The highest BCUT2D eigenvalue weighted by Crippen LogP contribution is 2.27. The SMILES string of the molecule is CC(Cc1ccccc1)NC(=O)C1[CH]C1. The summed E-state index contributed by atoms with van der Waals surface area (Å²) in [5.74, 6) is 0.363. The van der Waals surface area contributed by atoms with Gasteiger partial charge in [0.05, 0.1) is 0 Å². The second-order valence-corrected chi connectivity index (χ2v) is 4.18. The fraction of sp³-hybridized carbons (Fsp3) is 0.385. The summed E-state index contributed by atoms with van der Waals surface area (Å²) in [6, 6.07) is 10.5. The Morgan fingerprint density at radius 2 is 2.13 bits per heavy atom. The van der Waals surface area contributed by atoms with Gasteiger partial charge in [0.25, 0.3) is 0 Å². The summed E-state index contributed by atoms with van der Waals surface area (Å²) in [5.41, 5.74) is 1.27. The Labute approximate surface area is 90.7 Å². The smallest absolute Gasteiger partial charge is 0.223 e. The zero-order chi connectivity index (χ0) is 10.7. The third-order valence-corrected chi connectivity index (χ3v) is 2.58. The van der Waals surface area contributed by atoms with Gasteiger partial charge in [-0.25, -0.2) is 0 Å². The molecule has 2 rings (SSSR count). The zero-order valence-electron chi connectivity index (χ0n) is 8.94. The van der Waals surface area contributed by atoms with Crippen LogP contribution >= 0.6 is 0 Å². The molecule has 1 aromatic rings. The van der Waals surface area contributed by atoms with E-state index in [4.69, 9.17) is 0 Å². The van der Waals surface area contributed by atoms with Crippen LogP contribution in [0.1, 0.15) is 18.9 Å². The predicted octanol–water partition coefficient (Wildman–Crippen LogP) is 1.96. The van der Waals surface area contributed by atoms with E-state index < -0.39 is 0 Å². The lowest BCUT2D eigenvalue weighted by Crippen LogP contribution is -2.35. The number of amides is 1. The Morgan fingerprint density at radius 1 is 1.47 bits per heavy atom. The summed E-state index contributed by atoms with van der Waals surface area (Å²) >= 11 is 0. The molecule has 1 aromatic carbocycles. The van der Waals surface area contributed by atoms with Crippen LogP contribution in [0.4, 0.5) is 0 Å². The van der Waals surface area contributed by atoms with E-state index in [0.717, 1.165) is 12.8 Å². The lowest BCUT2D eigenvalue weighted by molar-refractivity contribution is -0.122. The van der Waals surface area contributed by atoms with E-state index in [1.54, 1.807) is 0 Å². The molecule has 2 unspecified atom stereocenters. The van der Waals surface area contributed by atoms with Gasteiger partial charge in [0, 0.05) is 12.0 Å². The van der Waals surface area contributed by atoms with E-state index in [2.05, 4.69) is 17.4 Å². The van der Waals surface area contributed by atoms with Gasteiger partial charge in [-0.2, -0.15) is 0 Å². The molecule has 1 saturated carbocycles. The van der Waals surface area contributed by atoms with Crippen LogP contribution < -0.4 is 5.32 Å². The van der Waals surface area contributed by atoms with Crippen LogP contribution in [-0.4, -0.2) is 11.9 Å². The normalized spacial score (nSPS) is 17.1. The van der Waals surface area contributed by atoms with E-state index in [1.165, 1.54) is 5.56 Å². The maximum Gasteiger partial charge on any atom is 0.223 e. The number of hydrogen-bond donors (Lipinski definition) is 1. The number of carbonyl (C=O) groups is 1. The van der Waals surface area contributed by atoms with Crippen molar-refractivity contribution in [2.24, 2.45) is 5.92 Å². The summed E-state index contributed by atoms with van der Waals surface area (Å²) in [6.45, 7) is 2.05. The van der Waals surface area contributed by atoms with E-state index in [9.17, 15) is 4.79 Å². The summed E-state index contributed by atoms with van der Waals surface area (Å²) in [4.78, 5) is 11.5. The van der Waals surface area contributed by atoms with Crippen molar-refractivity contribution in [2.75, 3.05) is 0 Å². The highest BCUT2D eigenvalue weighted by atomic mass is 16.2. The topological polar surface area (TPSA) is 29.1 Å². The average Bonchev–Trinajstić information content (AvgIpc) is 3.01. The summed E-state index contributed by atoms with van der Waals surface area (Å²) in [6.07, 6.45) is 3.88. The molecule has 2 atom stereocenters. The molecule has 0 bridgehead atoms. The maximum atomic E-state index is 11.5. The monoisotopic (exact) mass is 202 g/mol. The van der Waals surface area contributed by atoms with Gasteiger partial charge in [0.2, 0.25) is 5.91 Å². The van der Waals surface area contributed by atoms with E-state index >= 15 is 0 Å². The van der Waals surface area contributed by atoms with Crippen molar-refractivity contribution in [3.63, 3.8) is 0 Å². The molecule has 0 heterocycles. The first-order chi connectivity index (χ1) is 7.25. The number of hydrogen-bond acceptors (Lipinski definition) is 1. The van der Waals surface area contributed by atoms with Crippen LogP contribution in [0.5, 0.6) is 0 Å². The fourth-order valence-electron chi connectivity index (χ4n) is 1.65. The quantitative estimate of drug-likeness (QED) is 0.794. The Kier molecular flexibility index (Phi) is 3.05. The number of nitrogens with one attached hydrogen (secondary N) is 1. The Bertz CT molecular complexity index is 330. The highest BCUT2D eigenvalue weighted by molar-refractivity contribution is 5.83. The second-order valence-electron chi connectivity index (χ2n) is 4.18. The van der Waals surface area contributed by atoms with Crippen molar-refractivity contribution >= 4 is 5.91 Å². The van der Waals surface area contributed by atoms with Crippen molar-refractivity contribution in [3.05, 3.63) is 42.3 Å². The Morgan fingerprint density at radius 3 is 2.73 bits per heavy atom. The van der Waals surface area contributed by atoms with Crippen molar-refractivity contribution < 1.29 is 4.79 Å². The van der Waals surface area contributed by atoms with Crippen LogP contribution in [0.2, 0.25) is 0 Å². The fourth-order valence-corrected chi connectivity index (χ4v) is 1.65. The molecule has 0 aliphatic heterocycles. The van der Waals surface area contributed by atoms with Crippen molar-refractivity contribution in [3.8, 4) is 0 Å². The van der Waals surface area contributed by atoms with Crippen LogP contribution in [-0.2, 0) is 11.2 Å². The van der Waals surface area contributed by atoms with Gasteiger partial charge in [-0.05, 0) is 31.7 Å². The lowest BCUT2D eigenvalue weighted by atomic mass is 10.1. The van der Waals surface area contributed by atoms with Gasteiger partial charge in [-0.15, -0.1) is 0 Å². The summed E-state index contributed by atoms with van der Waals surface area (Å²) < 4.78 is 0. The molecule has 0 spiro atoms. The van der Waals surface area contributed by atoms with Crippen LogP contribution in [0.3, 0.4) is 0 Å². The average molecular weight is 202 g/mol. The van der Waals surface area contributed by atoms with Crippen molar-refractivity contribution in [2.45, 2.75) is 25.8 Å². The highest BCUT2D eigenvalue weighted by Gasteiger charge is 2.30. The molecule has 1 amide bonds.